The smallest absolute Gasteiger partial charge is 0.234 e. The summed E-state index contributed by atoms with van der Waals surface area (Å²) in [6, 6.07) is 2.17. The summed E-state index contributed by atoms with van der Waals surface area (Å²) < 4.78 is 0. The third-order valence-corrected chi connectivity index (χ3v) is 2.14. The molecule has 1 amide bonds. The number of nitrogens with one attached hydrogen (secondary N) is 1. The van der Waals surface area contributed by atoms with E-state index in [2.05, 4.69) is 11.4 Å². The Kier molecular flexibility index (Phi) is 7.65. The zero-order valence-electron chi connectivity index (χ0n) is 9.92. The minimum absolute atomic E-state index is 0.0241. The Morgan fingerprint density at radius 2 is 2.20 bits per heavy atom. The molecule has 0 aliphatic heterocycles. The molecule has 0 rings (SSSR count). The molecule has 0 aromatic carbocycles. The molecule has 0 aliphatic carbocycles. The molecule has 0 heterocycles. The molecule has 15 heavy (non-hydrogen) atoms. The van der Waals surface area contributed by atoms with Crippen LogP contribution in [-0.4, -0.2) is 37.0 Å². The average molecular weight is 211 g/mol. The lowest BCUT2D eigenvalue weighted by Gasteiger charge is -2.20. The van der Waals surface area contributed by atoms with E-state index in [0.717, 1.165) is 19.5 Å². The van der Waals surface area contributed by atoms with Crippen molar-refractivity contribution in [1.29, 1.82) is 5.26 Å². The fourth-order valence-electron chi connectivity index (χ4n) is 1.26. The molecular formula is C11H21N3O. The van der Waals surface area contributed by atoms with Crippen molar-refractivity contribution < 1.29 is 4.79 Å². The van der Waals surface area contributed by atoms with Crippen LogP contribution in [-0.2, 0) is 4.79 Å². The van der Waals surface area contributed by atoms with Gasteiger partial charge in [-0.1, -0.05) is 13.8 Å². The summed E-state index contributed by atoms with van der Waals surface area (Å²) in [5.41, 5.74) is 0. The number of carbonyl (C=O) groups is 1. The topological polar surface area (TPSA) is 56.1 Å². The number of hydrogen-bond donors (Lipinski definition) is 1. The number of nitrogens with zero attached hydrogens (tertiary/aromatic N) is 2. The maximum atomic E-state index is 11.4. The summed E-state index contributed by atoms with van der Waals surface area (Å²) in [6.45, 7) is 8.46. The van der Waals surface area contributed by atoms with Crippen LogP contribution in [0.2, 0.25) is 0 Å². The zero-order valence-corrected chi connectivity index (χ0v) is 9.92. The molecule has 1 unspecified atom stereocenters. The highest BCUT2D eigenvalue weighted by Gasteiger charge is 2.11. The summed E-state index contributed by atoms with van der Waals surface area (Å²) in [6.07, 6.45) is 0.951. The van der Waals surface area contributed by atoms with Gasteiger partial charge in [-0.3, -0.25) is 9.69 Å². The average Bonchev–Trinajstić information content (AvgIpc) is 2.25. The Labute approximate surface area is 92.3 Å². The molecule has 0 aromatic rings. The van der Waals surface area contributed by atoms with Crippen LogP contribution in [0.25, 0.3) is 0 Å². The SMILES string of the molecule is CCCNC(=O)CN(CC)CC(C)C#N. The van der Waals surface area contributed by atoms with Crippen molar-refractivity contribution in [1.82, 2.24) is 10.2 Å². The van der Waals surface area contributed by atoms with Crippen molar-refractivity contribution in [3.8, 4) is 6.07 Å². The molecule has 1 atom stereocenters. The van der Waals surface area contributed by atoms with Gasteiger partial charge in [0.25, 0.3) is 0 Å². The molecular weight excluding hydrogens is 190 g/mol. The molecule has 0 fully saturated rings. The molecule has 0 saturated carbocycles. The van der Waals surface area contributed by atoms with E-state index in [1.54, 1.807) is 0 Å². The van der Waals surface area contributed by atoms with Crippen LogP contribution in [0.1, 0.15) is 27.2 Å². The first-order valence-electron chi connectivity index (χ1n) is 5.52. The van der Waals surface area contributed by atoms with Crippen molar-refractivity contribution in [3.63, 3.8) is 0 Å². The maximum absolute atomic E-state index is 11.4. The Morgan fingerprint density at radius 3 is 2.67 bits per heavy atom. The molecule has 4 heteroatoms. The standard InChI is InChI=1S/C11H21N3O/c1-4-6-13-11(15)9-14(5-2)8-10(3)7-12/h10H,4-6,8-9H2,1-3H3,(H,13,15). The third-order valence-electron chi connectivity index (χ3n) is 2.14. The molecule has 1 N–H and O–H groups in total. The first-order chi connectivity index (χ1) is 7.13. The predicted molar refractivity (Wildman–Crippen MR) is 60.2 cm³/mol. The lowest BCUT2D eigenvalue weighted by atomic mass is 10.2. The van der Waals surface area contributed by atoms with Gasteiger partial charge in [-0.25, -0.2) is 0 Å². The van der Waals surface area contributed by atoms with Crippen LogP contribution in [0.3, 0.4) is 0 Å². The molecule has 0 radical (unpaired) electrons. The van der Waals surface area contributed by atoms with E-state index in [1.807, 2.05) is 25.7 Å². The predicted octanol–water partition coefficient (Wildman–Crippen LogP) is 0.994. The minimum Gasteiger partial charge on any atom is -0.355 e. The fraction of sp³-hybridized carbons (Fsp3) is 0.818. The molecule has 0 saturated heterocycles. The fourth-order valence-corrected chi connectivity index (χ4v) is 1.26. The van der Waals surface area contributed by atoms with Gasteiger partial charge in [0.1, 0.15) is 0 Å². The highest BCUT2D eigenvalue weighted by molar-refractivity contribution is 5.77. The van der Waals surface area contributed by atoms with Crippen LogP contribution in [0.15, 0.2) is 0 Å². The second-order valence-electron chi connectivity index (χ2n) is 3.71. The molecule has 0 bridgehead atoms. The lowest BCUT2D eigenvalue weighted by Crippen LogP contribution is -2.39. The normalized spacial score (nSPS) is 12.2. The summed E-state index contributed by atoms with van der Waals surface area (Å²) in [4.78, 5) is 13.4. The number of amides is 1. The van der Waals surface area contributed by atoms with Gasteiger partial charge in [-0.15, -0.1) is 0 Å². The van der Waals surface area contributed by atoms with Crippen molar-refractivity contribution in [2.75, 3.05) is 26.2 Å². The van der Waals surface area contributed by atoms with E-state index in [0.29, 0.717) is 13.1 Å². The van der Waals surface area contributed by atoms with E-state index in [1.165, 1.54) is 0 Å². The number of likely N-dealkylation sites (N-methyl/N-ethyl adjacent to an activating group) is 1. The van der Waals surface area contributed by atoms with Crippen LogP contribution in [0.4, 0.5) is 0 Å². The second-order valence-corrected chi connectivity index (χ2v) is 3.71. The molecule has 0 aliphatic rings. The van der Waals surface area contributed by atoms with Gasteiger partial charge in [0.15, 0.2) is 0 Å². The highest BCUT2D eigenvalue weighted by atomic mass is 16.2. The quantitative estimate of drug-likeness (QED) is 0.683. The van der Waals surface area contributed by atoms with Gasteiger partial charge in [0, 0.05) is 13.1 Å². The summed E-state index contributed by atoms with van der Waals surface area (Å²) >= 11 is 0. The largest absolute Gasteiger partial charge is 0.355 e. The van der Waals surface area contributed by atoms with Gasteiger partial charge in [0.2, 0.25) is 5.91 Å². The lowest BCUT2D eigenvalue weighted by molar-refractivity contribution is -0.122. The maximum Gasteiger partial charge on any atom is 0.234 e. The van der Waals surface area contributed by atoms with Crippen molar-refractivity contribution in [3.05, 3.63) is 0 Å². The first-order valence-corrected chi connectivity index (χ1v) is 5.52. The van der Waals surface area contributed by atoms with Crippen molar-refractivity contribution >= 4 is 5.91 Å². The van der Waals surface area contributed by atoms with Crippen LogP contribution in [0.5, 0.6) is 0 Å². The molecule has 0 aromatic heterocycles. The Morgan fingerprint density at radius 1 is 1.53 bits per heavy atom. The number of hydrogen-bond acceptors (Lipinski definition) is 3. The summed E-state index contributed by atoms with van der Waals surface area (Å²) in [5, 5.41) is 11.5. The Balaban J connectivity index is 3.88. The van der Waals surface area contributed by atoms with Gasteiger partial charge in [-0.2, -0.15) is 5.26 Å². The number of nitriles is 1. The minimum atomic E-state index is -0.0241. The Hall–Kier alpha value is -1.08. The van der Waals surface area contributed by atoms with E-state index in [4.69, 9.17) is 5.26 Å². The van der Waals surface area contributed by atoms with Crippen molar-refractivity contribution in [2.24, 2.45) is 5.92 Å². The summed E-state index contributed by atoms with van der Waals surface area (Å²) in [7, 11) is 0. The number of carbonyl (C=O) groups excluding carboxylic acids is 1. The highest BCUT2D eigenvalue weighted by Crippen LogP contribution is 1.97. The zero-order chi connectivity index (χ0) is 11.7. The van der Waals surface area contributed by atoms with E-state index >= 15 is 0 Å². The third kappa shape index (κ3) is 6.92. The first kappa shape index (κ1) is 13.9. The summed E-state index contributed by atoms with van der Waals surface area (Å²) in [5.74, 6) is 0.0211. The monoisotopic (exact) mass is 211 g/mol. The van der Waals surface area contributed by atoms with E-state index in [-0.39, 0.29) is 11.8 Å². The van der Waals surface area contributed by atoms with Gasteiger partial charge >= 0.3 is 0 Å². The van der Waals surface area contributed by atoms with Crippen molar-refractivity contribution in [2.45, 2.75) is 27.2 Å². The number of rotatable bonds is 7. The molecule has 86 valence electrons. The van der Waals surface area contributed by atoms with Crippen LogP contribution in [0, 0.1) is 17.2 Å². The second kappa shape index (κ2) is 8.25. The molecule has 4 nitrogen and oxygen atoms in total. The van der Waals surface area contributed by atoms with E-state index in [9.17, 15) is 4.79 Å². The van der Waals surface area contributed by atoms with Gasteiger partial charge in [0.05, 0.1) is 18.5 Å². The van der Waals surface area contributed by atoms with Gasteiger partial charge in [-0.05, 0) is 19.9 Å². The van der Waals surface area contributed by atoms with Crippen LogP contribution >= 0.6 is 0 Å². The van der Waals surface area contributed by atoms with Crippen LogP contribution < -0.4 is 5.32 Å². The Bertz CT molecular complexity index is 222. The molecule has 0 spiro atoms. The van der Waals surface area contributed by atoms with E-state index < -0.39 is 0 Å². The van der Waals surface area contributed by atoms with Gasteiger partial charge < -0.3 is 5.32 Å².